The van der Waals surface area contributed by atoms with E-state index in [0.29, 0.717) is 5.06 Å². The van der Waals surface area contributed by atoms with Gasteiger partial charge in [0.15, 0.2) is 6.10 Å². The summed E-state index contributed by atoms with van der Waals surface area (Å²) in [5.41, 5.74) is 1.31. The maximum Gasteiger partial charge on any atom is 0.361 e. The number of carbonyl (C=O) groups excluding carboxylic acids is 3. The molecule has 6 heteroatoms. The summed E-state index contributed by atoms with van der Waals surface area (Å²) in [6, 6.07) is 15.6. The SMILES string of the molecule is COC(Cc1ccccc1)C(=O)ON1C(=O)c2ccccc2C1=O. The van der Waals surface area contributed by atoms with Gasteiger partial charge in [0.25, 0.3) is 11.8 Å². The van der Waals surface area contributed by atoms with Crippen LogP contribution in [0.1, 0.15) is 26.3 Å². The van der Waals surface area contributed by atoms with Crippen LogP contribution in [-0.4, -0.2) is 36.1 Å². The normalized spacial score (nSPS) is 14.5. The monoisotopic (exact) mass is 325 g/mol. The topological polar surface area (TPSA) is 72.9 Å². The Morgan fingerprint density at radius 1 is 0.958 bits per heavy atom. The van der Waals surface area contributed by atoms with E-state index in [-0.39, 0.29) is 17.5 Å². The van der Waals surface area contributed by atoms with E-state index in [1.165, 1.54) is 19.2 Å². The third kappa shape index (κ3) is 2.91. The molecular weight excluding hydrogens is 310 g/mol. The molecule has 1 aliphatic rings. The number of fused-ring (bicyclic) bond motifs is 1. The number of rotatable bonds is 5. The fraction of sp³-hybridized carbons (Fsp3) is 0.167. The molecule has 0 bridgehead atoms. The van der Waals surface area contributed by atoms with Crippen molar-refractivity contribution in [2.45, 2.75) is 12.5 Å². The summed E-state index contributed by atoms with van der Waals surface area (Å²) in [5.74, 6) is -2.10. The van der Waals surface area contributed by atoms with E-state index >= 15 is 0 Å². The number of carbonyl (C=O) groups is 3. The first-order chi connectivity index (χ1) is 11.6. The molecular formula is C18H15NO5. The summed E-state index contributed by atoms with van der Waals surface area (Å²) < 4.78 is 5.15. The Morgan fingerprint density at radius 2 is 1.50 bits per heavy atom. The summed E-state index contributed by atoms with van der Waals surface area (Å²) in [4.78, 5) is 41.7. The smallest absolute Gasteiger partial charge is 0.361 e. The minimum absolute atomic E-state index is 0.215. The van der Waals surface area contributed by atoms with Crippen LogP contribution in [0.3, 0.4) is 0 Å². The van der Waals surface area contributed by atoms with Gasteiger partial charge in [-0.1, -0.05) is 47.5 Å². The molecule has 6 nitrogen and oxygen atoms in total. The summed E-state index contributed by atoms with van der Waals surface area (Å²) in [5, 5.41) is 0.490. The second-order valence-electron chi connectivity index (χ2n) is 5.27. The molecule has 24 heavy (non-hydrogen) atoms. The first-order valence-corrected chi connectivity index (χ1v) is 7.38. The van der Waals surface area contributed by atoms with Crippen LogP contribution in [0.15, 0.2) is 54.6 Å². The highest BCUT2D eigenvalue weighted by atomic mass is 16.7. The second-order valence-corrected chi connectivity index (χ2v) is 5.27. The quantitative estimate of drug-likeness (QED) is 0.786. The third-order valence-electron chi connectivity index (χ3n) is 3.75. The van der Waals surface area contributed by atoms with Gasteiger partial charge in [0.05, 0.1) is 11.1 Å². The maximum absolute atomic E-state index is 12.3. The van der Waals surface area contributed by atoms with Gasteiger partial charge >= 0.3 is 5.97 Å². The van der Waals surface area contributed by atoms with Crippen LogP contribution < -0.4 is 0 Å². The number of imide groups is 1. The fourth-order valence-electron chi connectivity index (χ4n) is 2.49. The fourth-order valence-corrected chi connectivity index (χ4v) is 2.49. The zero-order chi connectivity index (χ0) is 17.1. The van der Waals surface area contributed by atoms with Crippen LogP contribution in [-0.2, 0) is 20.8 Å². The summed E-state index contributed by atoms with van der Waals surface area (Å²) in [6.07, 6.45) is -0.643. The van der Waals surface area contributed by atoms with E-state index in [1.54, 1.807) is 12.1 Å². The van der Waals surface area contributed by atoms with Crippen LogP contribution in [0, 0.1) is 0 Å². The largest absolute Gasteiger partial charge is 0.369 e. The van der Waals surface area contributed by atoms with E-state index < -0.39 is 23.9 Å². The molecule has 2 aromatic carbocycles. The van der Waals surface area contributed by atoms with Crippen LogP contribution in [0.2, 0.25) is 0 Å². The lowest BCUT2D eigenvalue weighted by Crippen LogP contribution is -2.38. The minimum atomic E-state index is -0.920. The number of amides is 2. The second kappa shape index (κ2) is 6.64. The number of benzene rings is 2. The predicted octanol–water partition coefficient (Wildman–Crippen LogP) is 2.00. The molecule has 0 fully saturated rings. The molecule has 0 radical (unpaired) electrons. The van der Waals surface area contributed by atoms with Crippen LogP contribution >= 0.6 is 0 Å². The molecule has 1 atom stereocenters. The van der Waals surface area contributed by atoms with Gasteiger partial charge in [0.2, 0.25) is 0 Å². The van der Waals surface area contributed by atoms with E-state index in [0.717, 1.165) is 5.56 Å². The molecule has 122 valence electrons. The molecule has 0 aliphatic carbocycles. The molecule has 2 amide bonds. The predicted molar refractivity (Wildman–Crippen MR) is 84.0 cm³/mol. The molecule has 0 aromatic heterocycles. The van der Waals surface area contributed by atoms with Crippen molar-refractivity contribution in [3.05, 3.63) is 71.3 Å². The van der Waals surface area contributed by atoms with E-state index in [4.69, 9.17) is 9.57 Å². The molecule has 0 saturated heterocycles. The molecule has 1 aliphatic heterocycles. The standard InChI is InChI=1S/C18H15NO5/c1-23-15(11-12-7-3-2-4-8-12)18(22)24-19-16(20)13-9-5-6-10-14(13)17(19)21/h2-10,15H,11H2,1H3. The molecule has 1 heterocycles. The average molecular weight is 325 g/mol. The van der Waals surface area contributed by atoms with Crippen molar-refractivity contribution in [3.63, 3.8) is 0 Å². The van der Waals surface area contributed by atoms with Crippen molar-refractivity contribution in [1.29, 1.82) is 0 Å². The van der Waals surface area contributed by atoms with Gasteiger partial charge in [-0.3, -0.25) is 9.59 Å². The Morgan fingerprint density at radius 3 is 2.04 bits per heavy atom. The van der Waals surface area contributed by atoms with Crippen LogP contribution in [0.4, 0.5) is 0 Å². The average Bonchev–Trinajstić information content (AvgIpc) is 2.86. The summed E-state index contributed by atoms with van der Waals surface area (Å²) >= 11 is 0. The summed E-state index contributed by atoms with van der Waals surface area (Å²) in [7, 11) is 1.37. The zero-order valence-corrected chi connectivity index (χ0v) is 13.0. The Bertz CT molecular complexity index is 752. The van der Waals surface area contributed by atoms with Crippen molar-refractivity contribution >= 4 is 17.8 Å². The first kappa shape index (κ1) is 15.9. The first-order valence-electron chi connectivity index (χ1n) is 7.38. The van der Waals surface area contributed by atoms with E-state index in [9.17, 15) is 14.4 Å². The number of nitrogens with zero attached hydrogens (tertiary/aromatic N) is 1. The lowest BCUT2D eigenvalue weighted by Gasteiger charge is -2.18. The van der Waals surface area contributed by atoms with Crippen LogP contribution in [0.5, 0.6) is 0 Å². The maximum atomic E-state index is 12.3. The lowest BCUT2D eigenvalue weighted by molar-refractivity contribution is -0.180. The Hall–Kier alpha value is -2.99. The highest BCUT2D eigenvalue weighted by Crippen LogP contribution is 2.23. The van der Waals surface area contributed by atoms with Crippen LogP contribution in [0.25, 0.3) is 0 Å². The van der Waals surface area contributed by atoms with E-state index in [1.807, 2.05) is 30.3 Å². The van der Waals surface area contributed by atoms with Crippen molar-refractivity contribution in [1.82, 2.24) is 5.06 Å². The highest BCUT2D eigenvalue weighted by molar-refractivity contribution is 6.20. The Kier molecular flexibility index (Phi) is 4.39. The molecule has 1 unspecified atom stereocenters. The number of ether oxygens (including phenoxy) is 1. The van der Waals surface area contributed by atoms with Crippen molar-refractivity contribution in [3.8, 4) is 0 Å². The lowest BCUT2D eigenvalue weighted by atomic mass is 10.1. The zero-order valence-electron chi connectivity index (χ0n) is 13.0. The van der Waals surface area contributed by atoms with Gasteiger partial charge in [-0.25, -0.2) is 4.79 Å². The van der Waals surface area contributed by atoms with Gasteiger partial charge in [0, 0.05) is 13.5 Å². The number of hydrogen-bond acceptors (Lipinski definition) is 5. The van der Waals surface area contributed by atoms with Gasteiger partial charge < -0.3 is 9.57 Å². The number of hydrogen-bond donors (Lipinski definition) is 0. The van der Waals surface area contributed by atoms with Crippen molar-refractivity contribution in [2.75, 3.05) is 7.11 Å². The Balaban J connectivity index is 1.72. The molecule has 2 aromatic rings. The molecule has 3 rings (SSSR count). The minimum Gasteiger partial charge on any atom is -0.369 e. The Labute approximate surface area is 138 Å². The van der Waals surface area contributed by atoms with Crippen molar-refractivity contribution < 1.29 is 24.0 Å². The van der Waals surface area contributed by atoms with Gasteiger partial charge in [0.1, 0.15) is 0 Å². The van der Waals surface area contributed by atoms with Crippen molar-refractivity contribution in [2.24, 2.45) is 0 Å². The van der Waals surface area contributed by atoms with Gasteiger partial charge in [-0.05, 0) is 17.7 Å². The summed E-state index contributed by atoms with van der Waals surface area (Å²) in [6.45, 7) is 0. The molecule has 0 saturated carbocycles. The van der Waals surface area contributed by atoms with Gasteiger partial charge in [-0.15, -0.1) is 0 Å². The highest BCUT2D eigenvalue weighted by Gasteiger charge is 2.39. The van der Waals surface area contributed by atoms with Gasteiger partial charge in [-0.2, -0.15) is 0 Å². The number of methoxy groups -OCH3 is 1. The van der Waals surface area contributed by atoms with E-state index in [2.05, 4.69) is 0 Å². The third-order valence-corrected chi connectivity index (χ3v) is 3.75. The molecule has 0 N–H and O–H groups in total. The number of hydroxylamine groups is 2. The molecule has 0 spiro atoms.